The van der Waals surface area contributed by atoms with Gasteiger partial charge in [-0.2, -0.15) is 0 Å². The highest BCUT2D eigenvalue weighted by molar-refractivity contribution is 5.94. The zero-order valence-electron chi connectivity index (χ0n) is 16.7. The molecule has 2 aromatic carbocycles. The van der Waals surface area contributed by atoms with E-state index in [4.69, 9.17) is 4.74 Å². The number of hydrogen-bond acceptors (Lipinski definition) is 3. The van der Waals surface area contributed by atoms with E-state index in [9.17, 15) is 18.4 Å². The molecule has 0 unspecified atom stereocenters. The highest BCUT2D eigenvalue weighted by atomic mass is 19.1. The van der Waals surface area contributed by atoms with Gasteiger partial charge in [-0.05, 0) is 36.2 Å². The summed E-state index contributed by atoms with van der Waals surface area (Å²) in [6.45, 7) is 2.29. The number of carbonyl (C=O) groups is 2. The van der Waals surface area contributed by atoms with Crippen LogP contribution in [0.15, 0.2) is 42.5 Å². The molecule has 0 radical (unpaired) electrons. The fraction of sp³-hybridized carbons (Fsp3) is 0.391. The van der Waals surface area contributed by atoms with Gasteiger partial charge in [0.1, 0.15) is 11.9 Å². The molecule has 0 bridgehead atoms. The van der Waals surface area contributed by atoms with Crippen molar-refractivity contribution in [1.82, 2.24) is 9.80 Å². The predicted molar refractivity (Wildman–Crippen MR) is 107 cm³/mol. The van der Waals surface area contributed by atoms with Gasteiger partial charge in [0.15, 0.2) is 11.6 Å². The van der Waals surface area contributed by atoms with Crippen molar-refractivity contribution in [3.63, 3.8) is 0 Å². The zero-order chi connectivity index (χ0) is 21.1. The fourth-order valence-electron chi connectivity index (χ4n) is 4.00. The maximum Gasteiger partial charge on any atom is 0.253 e. The van der Waals surface area contributed by atoms with Crippen LogP contribution in [0.1, 0.15) is 41.6 Å². The van der Waals surface area contributed by atoms with Crippen LogP contribution >= 0.6 is 0 Å². The van der Waals surface area contributed by atoms with Gasteiger partial charge in [-0.1, -0.05) is 12.1 Å². The van der Waals surface area contributed by atoms with Gasteiger partial charge in [0.25, 0.3) is 5.91 Å². The molecule has 2 aromatic rings. The summed E-state index contributed by atoms with van der Waals surface area (Å²) in [5.41, 5.74) is 1.55. The Labute approximate surface area is 174 Å². The first-order valence-electron chi connectivity index (χ1n) is 10.3. The van der Waals surface area contributed by atoms with E-state index in [1.807, 2.05) is 23.1 Å². The minimum Gasteiger partial charge on any atom is -0.487 e. The lowest BCUT2D eigenvalue weighted by Crippen LogP contribution is -2.41. The third-order valence-corrected chi connectivity index (χ3v) is 5.64. The van der Waals surface area contributed by atoms with E-state index >= 15 is 0 Å². The summed E-state index contributed by atoms with van der Waals surface area (Å²) < 4.78 is 32.5. The molecule has 2 fully saturated rings. The predicted octanol–water partition coefficient (Wildman–Crippen LogP) is 3.77. The van der Waals surface area contributed by atoms with Crippen LogP contribution in [0.5, 0.6) is 5.75 Å². The van der Waals surface area contributed by atoms with Gasteiger partial charge in [-0.3, -0.25) is 9.59 Å². The zero-order valence-corrected chi connectivity index (χ0v) is 16.7. The van der Waals surface area contributed by atoms with Gasteiger partial charge in [0.05, 0.1) is 0 Å². The maximum absolute atomic E-state index is 13.8. The van der Waals surface area contributed by atoms with Crippen molar-refractivity contribution in [1.29, 1.82) is 0 Å². The van der Waals surface area contributed by atoms with Crippen molar-refractivity contribution >= 4 is 11.8 Å². The third kappa shape index (κ3) is 4.61. The van der Waals surface area contributed by atoms with Crippen LogP contribution < -0.4 is 4.74 Å². The molecule has 0 aromatic heterocycles. The van der Waals surface area contributed by atoms with Crippen LogP contribution in [0, 0.1) is 11.6 Å². The fourth-order valence-corrected chi connectivity index (χ4v) is 4.00. The normalized spacial score (nSPS) is 17.5. The minimum atomic E-state index is -0.721. The first-order valence-corrected chi connectivity index (χ1v) is 10.3. The number of piperidine rings is 1. The molecule has 2 aliphatic rings. The lowest BCUT2D eigenvalue weighted by atomic mass is 10.0. The summed E-state index contributed by atoms with van der Waals surface area (Å²) in [6.07, 6.45) is 2.41. The van der Waals surface area contributed by atoms with Crippen LogP contribution in [-0.4, -0.2) is 47.4 Å². The molecule has 30 heavy (non-hydrogen) atoms. The van der Waals surface area contributed by atoms with Crippen molar-refractivity contribution in [3.8, 4) is 5.75 Å². The molecule has 2 amide bonds. The van der Waals surface area contributed by atoms with Crippen molar-refractivity contribution in [2.45, 2.75) is 38.3 Å². The topological polar surface area (TPSA) is 49.9 Å². The quantitative estimate of drug-likeness (QED) is 0.749. The average Bonchev–Trinajstić information content (AvgIpc) is 3.15. The van der Waals surface area contributed by atoms with E-state index in [-0.39, 0.29) is 23.7 Å². The lowest BCUT2D eigenvalue weighted by molar-refractivity contribution is -0.128. The Bertz CT molecular complexity index is 942. The molecule has 158 valence electrons. The highest BCUT2D eigenvalue weighted by Crippen LogP contribution is 2.24. The first-order chi connectivity index (χ1) is 14.5. The second-order valence-electron chi connectivity index (χ2n) is 7.80. The standard InChI is InChI=1S/C23H24F2N2O3/c24-18-6-7-21(20(25)14-18)30-19-8-11-26(12-9-19)23(29)17-4-1-3-16(13-17)15-27-10-2-5-22(27)28/h1,3-4,6-7,13-14,19H,2,5,8-12,15H2. The summed E-state index contributed by atoms with van der Waals surface area (Å²) in [4.78, 5) is 28.3. The summed E-state index contributed by atoms with van der Waals surface area (Å²) in [6, 6.07) is 10.7. The van der Waals surface area contributed by atoms with Gasteiger partial charge in [-0.15, -0.1) is 0 Å². The molecule has 0 N–H and O–H groups in total. The monoisotopic (exact) mass is 414 g/mol. The van der Waals surface area contributed by atoms with Gasteiger partial charge < -0.3 is 14.5 Å². The molecule has 0 saturated carbocycles. The van der Waals surface area contributed by atoms with Crippen molar-refractivity contribution < 1.29 is 23.1 Å². The van der Waals surface area contributed by atoms with Crippen LogP contribution in [0.25, 0.3) is 0 Å². The number of likely N-dealkylation sites (tertiary alicyclic amines) is 2. The lowest BCUT2D eigenvalue weighted by Gasteiger charge is -2.32. The molecule has 2 heterocycles. The molecule has 0 aliphatic carbocycles. The van der Waals surface area contributed by atoms with Gasteiger partial charge >= 0.3 is 0 Å². The number of carbonyl (C=O) groups excluding carboxylic acids is 2. The molecule has 4 rings (SSSR count). The number of benzene rings is 2. The van der Waals surface area contributed by atoms with Crippen LogP contribution in [0.3, 0.4) is 0 Å². The molecule has 2 aliphatic heterocycles. The first kappa shape index (κ1) is 20.3. The number of amides is 2. The molecule has 0 spiro atoms. The van der Waals surface area contributed by atoms with E-state index in [2.05, 4.69) is 0 Å². The van der Waals surface area contributed by atoms with E-state index in [1.165, 1.54) is 12.1 Å². The third-order valence-electron chi connectivity index (χ3n) is 5.64. The van der Waals surface area contributed by atoms with Crippen LogP contribution in [0.4, 0.5) is 8.78 Å². The van der Waals surface area contributed by atoms with Gasteiger partial charge in [-0.25, -0.2) is 8.78 Å². The molecular weight excluding hydrogens is 390 g/mol. The Morgan fingerprint density at radius 1 is 1.07 bits per heavy atom. The Hall–Kier alpha value is -2.96. The Balaban J connectivity index is 1.34. The summed E-state index contributed by atoms with van der Waals surface area (Å²) in [7, 11) is 0. The molecule has 2 saturated heterocycles. The summed E-state index contributed by atoms with van der Waals surface area (Å²) in [5, 5.41) is 0. The largest absolute Gasteiger partial charge is 0.487 e. The Morgan fingerprint density at radius 2 is 1.87 bits per heavy atom. The average molecular weight is 414 g/mol. The smallest absolute Gasteiger partial charge is 0.253 e. The summed E-state index contributed by atoms with van der Waals surface area (Å²) in [5.74, 6) is -1.23. The molecule has 7 heteroatoms. The van der Waals surface area contributed by atoms with Crippen molar-refractivity contribution in [2.24, 2.45) is 0 Å². The number of hydrogen-bond donors (Lipinski definition) is 0. The molecule has 5 nitrogen and oxygen atoms in total. The number of ether oxygens (including phenoxy) is 1. The second-order valence-corrected chi connectivity index (χ2v) is 7.80. The molecule has 0 atom stereocenters. The number of halogens is 2. The van der Waals surface area contributed by atoms with Crippen molar-refractivity contribution in [2.75, 3.05) is 19.6 Å². The summed E-state index contributed by atoms with van der Waals surface area (Å²) >= 11 is 0. The second kappa shape index (κ2) is 8.81. The molecular formula is C23H24F2N2O3. The number of rotatable bonds is 5. The van der Waals surface area contributed by atoms with Gasteiger partial charge in [0, 0.05) is 57.1 Å². The van der Waals surface area contributed by atoms with E-state index in [0.29, 0.717) is 44.5 Å². The Morgan fingerprint density at radius 3 is 2.57 bits per heavy atom. The highest BCUT2D eigenvalue weighted by Gasteiger charge is 2.26. The maximum atomic E-state index is 13.8. The van der Waals surface area contributed by atoms with Crippen LogP contribution in [-0.2, 0) is 11.3 Å². The van der Waals surface area contributed by atoms with Gasteiger partial charge in [0.2, 0.25) is 5.91 Å². The van der Waals surface area contributed by atoms with E-state index < -0.39 is 11.6 Å². The Kier molecular flexibility index (Phi) is 5.97. The minimum absolute atomic E-state index is 0.0327. The van der Waals surface area contributed by atoms with Crippen LogP contribution in [0.2, 0.25) is 0 Å². The van der Waals surface area contributed by atoms with E-state index in [1.54, 1.807) is 11.0 Å². The number of nitrogens with zero attached hydrogens (tertiary/aromatic N) is 2. The van der Waals surface area contributed by atoms with E-state index in [0.717, 1.165) is 24.6 Å². The SMILES string of the molecule is O=C1CCCN1Cc1cccc(C(=O)N2CCC(Oc3ccc(F)cc3F)CC2)c1. The van der Waals surface area contributed by atoms with Crippen molar-refractivity contribution in [3.05, 3.63) is 65.2 Å².